The lowest BCUT2D eigenvalue weighted by Gasteiger charge is -2.41. The Morgan fingerprint density at radius 3 is 2.26 bits per heavy atom. The highest BCUT2D eigenvalue weighted by Gasteiger charge is 2.39. The second kappa shape index (κ2) is 5.65. The van der Waals surface area contributed by atoms with Crippen molar-refractivity contribution < 1.29 is 13.2 Å². The van der Waals surface area contributed by atoms with E-state index in [4.69, 9.17) is 10.5 Å². The Kier molecular flexibility index (Phi) is 4.52. The van der Waals surface area contributed by atoms with Crippen molar-refractivity contribution in [3.63, 3.8) is 0 Å². The number of nitrogens with two attached hydrogens (primary N) is 1. The number of hydrogen-bond donors (Lipinski definition) is 1. The van der Waals surface area contributed by atoms with Crippen molar-refractivity contribution in [3.8, 4) is 0 Å². The van der Waals surface area contributed by atoms with Crippen LogP contribution in [0.15, 0.2) is 0 Å². The molecule has 0 bridgehead atoms. The maximum Gasteiger partial charge on any atom is 0.282 e. The highest BCUT2D eigenvalue weighted by atomic mass is 32.2. The summed E-state index contributed by atoms with van der Waals surface area (Å²) in [6.45, 7) is 7.14. The van der Waals surface area contributed by atoms with Gasteiger partial charge in [0.15, 0.2) is 0 Å². The number of rotatable bonds is 2. The van der Waals surface area contributed by atoms with Gasteiger partial charge in [0.1, 0.15) is 0 Å². The largest absolute Gasteiger partial charge is 0.373 e. The van der Waals surface area contributed by atoms with E-state index >= 15 is 0 Å². The van der Waals surface area contributed by atoms with E-state index in [0.717, 1.165) is 12.8 Å². The molecule has 4 atom stereocenters. The molecule has 19 heavy (non-hydrogen) atoms. The third-order valence-electron chi connectivity index (χ3n) is 3.86. The highest BCUT2D eigenvalue weighted by Crippen LogP contribution is 2.24. The Labute approximate surface area is 116 Å². The maximum absolute atomic E-state index is 12.7. The molecule has 0 radical (unpaired) electrons. The molecule has 0 aromatic carbocycles. The van der Waals surface area contributed by atoms with Gasteiger partial charge in [0.2, 0.25) is 0 Å². The van der Waals surface area contributed by atoms with Gasteiger partial charge < -0.3 is 10.5 Å². The molecule has 7 heteroatoms. The molecule has 2 fully saturated rings. The predicted molar refractivity (Wildman–Crippen MR) is 73.9 cm³/mol. The van der Waals surface area contributed by atoms with Crippen LogP contribution in [0.25, 0.3) is 0 Å². The van der Waals surface area contributed by atoms with E-state index in [-0.39, 0.29) is 24.3 Å². The van der Waals surface area contributed by atoms with Crippen LogP contribution in [-0.2, 0) is 14.9 Å². The van der Waals surface area contributed by atoms with E-state index in [1.54, 1.807) is 8.61 Å². The van der Waals surface area contributed by atoms with Crippen LogP contribution in [0, 0.1) is 0 Å². The van der Waals surface area contributed by atoms with Gasteiger partial charge in [-0.3, -0.25) is 0 Å². The zero-order valence-electron chi connectivity index (χ0n) is 11.9. The number of morpholine rings is 1. The van der Waals surface area contributed by atoms with Gasteiger partial charge in [-0.05, 0) is 33.6 Å². The average molecular weight is 291 g/mol. The van der Waals surface area contributed by atoms with Crippen molar-refractivity contribution in [2.75, 3.05) is 19.6 Å². The number of piperidine rings is 1. The van der Waals surface area contributed by atoms with Gasteiger partial charge in [0.05, 0.1) is 12.2 Å². The van der Waals surface area contributed by atoms with Crippen molar-refractivity contribution >= 4 is 10.2 Å². The Bertz CT molecular complexity index is 404. The molecule has 0 aromatic rings. The third-order valence-corrected chi connectivity index (χ3v) is 5.95. The van der Waals surface area contributed by atoms with Crippen LogP contribution in [0.3, 0.4) is 0 Å². The fourth-order valence-corrected chi connectivity index (χ4v) is 4.97. The first-order valence-corrected chi connectivity index (χ1v) is 8.38. The van der Waals surface area contributed by atoms with Crippen LogP contribution < -0.4 is 5.73 Å². The van der Waals surface area contributed by atoms with E-state index in [9.17, 15) is 8.42 Å². The molecular weight excluding hydrogens is 266 g/mol. The SMILES string of the molecule is C[C@@H]1CN(S(=O)(=O)N2CC[C@H](N)C[C@@H]2C)C[C@H](C)O1. The molecule has 112 valence electrons. The molecule has 2 rings (SSSR count). The molecule has 6 nitrogen and oxygen atoms in total. The molecule has 2 N–H and O–H groups in total. The smallest absolute Gasteiger partial charge is 0.282 e. The summed E-state index contributed by atoms with van der Waals surface area (Å²) < 4.78 is 34.2. The van der Waals surface area contributed by atoms with E-state index in [1.807, 2.05) is 20.8 Å². The lowest BCUT2D eigenvalue weighted by Crippen LogP contribution is -2.57. The molecule has 2 aliphatic heterocycles. The van der Waals surface area contributed by atoms with Crippen LogP contribution >= 0.6 is 0 Å². The highest BCUT2D eigenvalue weighted by molar-refractivity contribution is 7.86. The quantitative estimate of drug-likeness (QED) is 0.786. The summed E-state index contributed by atoms with van der Waals surface area (Å²) in [6, 6.07) is 0.0891. The van der Waals surface area contributed by atoms with Gasteiger partial charge in [-0.15, -0.1) is 0 Å². The van der Waals surface area contributed by atoms with Crippen molar-refractivity contribution in [1.29, 1.82) is 0 Å². The van der Waals surface area contributed by atoms with Crippen molar-refractivity contribution in [2.45, 2.75) is 57.9 Å². The van der Waals surface area contributed by atoms with Gasteiger partial charge in [0.25, 0.3) is 10.2 Å². The second-order valence-corrected chi connectivity index (χ2v) is 7.71. The van der Waals surface area contributed by atoms with Gasteiger partial charge in [0, 0.05) is 31.7 Å². The summed E-state index contributed by atoms with van der Waals surface area (Å²) in [4.78, 5) is 0. The summed E-state index contributed by atoms with van der Waals surface area (Å²) in [5.74, 6) is 0. The summed E-state index contributed by atoms with van der Waals surface area (Å²) >= 11 is 0. The zero-order chi connectivity index (χ0) is 14.2. The van der Waals surface area contributed by atoms with Crippen LogP contribution in [0.1, 0.15) is 33.6 Å². The monoisotopic (exact) mass is 291 g/mol. The summed E-state index contributed by atoms with van der Waals surface area (Å²) in [5.41, 5.74) is 5.90. The standard InChI is InChI=1S/C12H25N3O3S/c1-9-6-12(13)4-5-15(9)19(16,17)14-7-10(2)18-11(3)8-14/h9-12H,4-8,13H2,1-3H3/t9-,10-,11+,12-/m0/s1. The number of nitrogens with zero attached hydrogens (tertiary/aromatic N) is 2. The molecule has 0 amide bonds. The molecule has 0 aromatic heterocycles. The van der Waals surface area contributed by atoms with Crippen LogP contribution in [0.5, 0.6) is 0 Å². The second-order valence-electron chi connectivity index (χ2n) is 5.83. The van der Waals surface area contributed by atoms with Gasteiger partial charge in [-0.2, -0.15) is 17.0 Å². The molecule has 0 spiro atoms. The minimum Gasteiger partial charge on any atom is -0.373 e. The van der Waals surface area contributed by atoms with E-state index in [1.165, 1.54) is 0 Å². The van der Waals surface area contributed by atoms with E-state index < -0.39 is 10.2 Å². The van der Waals surface area contributed by atoms with E-state index in [0.29, 0.717) is 19.6 Å². The Balaban J connectivity index is 2.13. The van der Waals surface area contributed by atoms with E-state index in [2.05, 4.69) is 0 Å². The average Bonchev–Trinajstić information content (AvgIpc) is 2.26. The lowest BCUT2D eigenvalue weighted by molar-refractivity contribution is -0.0459. The van der Waals surface area contributed by atoms with Crippen molar-refractivity contribution in [3.05, 3.63) is 0 Å². The van der Waals surface area contributed by atoms with Crippen molar-refractivity contribution in [1.82, 2.24) is 8.61 Å². The Morgan fingerprint density at radius 1 is 1.16 bits per heavy atom. The maximum atomic E-state index is 12.7. The van der Waals surface area contributed by atoms with Crippen LogP contribution in [-0.4, -0.2) is 61.0 Å². The minimum atomic E-state index is -3.39. The lowest BCUT2D eigenvalue weighted by atomic mass is 10.0. The number of hydrogen-bond acceptors (Lipinski definition) is 4. The molecule has 0 unspecified atom stereocenters. The van der Waals surface area contributed by atoms with Crippen LogP contribution in [0.4, 0.5) is 0 Å². The molecule has 2 saturated heterocycles. The molecular formula is C12H25N3O3S. The minimum absolute atomic E-state index is 0.0257. The summed E-state index contributed by atoms with van der Waals surface area (Å²) in [6.07, 6.45) is 1.36. The normalized spacial score (nSPS) is 39.4. The van der Waals surface area contributed by atoms with Gasteiger partial charge in [-0.1, -0.05) is 0 Å². The first-order valence-electron chi connectivity index (χ1n) is 6.98. The van der Waals surface area contributed by atoms with Gasteiger partial charge in [-0.25, -0.2) is 0 Å². The molecule has 0 aliphatic carbocycles. The van der Waals surface area contributed by atoms with Crippen LogP contribution in [0.2, 0.25) is 0 Å². The summed E-state index contributed by atoms with van der Waals surface area (Å²) in [5, 5.41) is 0. The third kappa shape index (κ3) is 3.28. The summed E-state index contributed by atoms with van der Waals surface area (Å²) in [7, 11) is -3.39. The Hall–Kier alpha value is -0.210. The molecule has 0 saturated carbocycles. The first-order chi connectivity index (χ1) is 8.80. The van der Waals surface area contributed by atoms with Crippen molar-refractivity contribution in [2.24, 2.45) is 5.73 Å². The predicted octanol–water partition coefficient (Wildman–Crippen LogP) is 0.152. The number of ether oxygens (including phenoxy) is 1. The molecule has 2 aliphatic rings. The first kappa shape index (κ1) is 15.2. The zero-order valence-corrected chi connectivity index (χ0v) is 12.8. The fraction of sp³-hybridized carbons (Fsp3) is 1.00. The van der Waals surface area contributed by atoms with Gasteiger partial charge >= 0.3 is 0 Å². The Morgan fingerprint density at radius 2 is 1.74 bits per heavy atom. The fourth-order valence-electron chi connectivity index (χ4n) is 3.00. The molecule has 2 heterocycles. The topological polar surface area (TPSA) is 75.9 Å².